The highest BCUT2D eigenvalue weighted by atomic mass is 19.1. The molecule has 33 heavy (non-hydrogen) atoms. The van der Waals surface area contributed by atoms with Gasteiger partial charge < -0.3 is 24.1 Å². The molecule has 2 unspecified atom stereocenters. The van der Waals surface area contributed by atoms with Crippen molar-refractivity contribution in [2.75, 3.05) is 27.4 Å². The molecule has 2 atom stereocenters. The molecule has 1 fully saturated rings. The maximum Gasteiger partial charge on any atom is 0.309 e. The van der Waals surface area contributed by atoms with Gasteiger partial charge in [0.05, 0.1) is 26.2 Å². The fraction of sp³-hybridized carbons (Fsp3) is 0.423. The molecule has 1 aliphatic rings. The highest BCUT2D eigenvalue weighted by Crippen LogP contribution is 2.45. The zero-order chi connectivity index (χ0) is 24.0. The second kappa shape index (κ2) is 11.3. The van der Waals surface area contributed by atoms with Crippen LogP contribution in [0, 0.1) is 5.82 Å². The molecule has 0 bridgehead atoms. The van der Waals surface area contributed by atoms with Gasteiger partial charge in [0.2, 0.25) is 0 Å². The van der Waals surface area contributed by atoms with Crippen molar-refractivity contribution in [2.24, 2.45) is 0 Å². The molecule has 1 heterocycles. The third-order valence-electron chi connectivity index (χ3n) is 5.49. The molecular weight excluding hydrogens is 427 g/mol. The summed E-state index contributed by atoms with van der Waals surface area (Å²) in [5.74, 6) is 0.444. The minimum Gasteiger partial charge on any atom is -0.493 e. The Hall–Kier alpha value is -2.90. The minimum absolute atomic E-state index is 0.00242. The number of esters is 1. The van der Waals surface area contributed by atoms with Crippen molar-refractivity contribution in [1.29, 1.82) is 0 Å². The van der Waals surface area contributed by atoms with Gasteiger partial charge in [-0.05, 0) is 46.9 Å². The monoisotopic (exact) mass is 458 g/mol. The van der Waals surface area contributed by atoms with E-state index in [1.807, 2.05) is 12.1 Å². The Labute approximate surface area is 193 Å². The van der Waals surface area contributed by atoms with E-state index >= 15 is 0 Å². The van der Waals surface area contributed by atoms with Crippen LogP contribution in [0.15, 0.2) is 36.4 Å². The first-order valence-corrected chi connectivity index (χ1v) is 11.0. The minimum atomic E-state index is -0.731. The van der Waals surface area contributed by atoms with Crippen LogP contribution < -0.4 is 9.47 Å². The van der Waals surface area contributed by atoms with Crippen molar-refractivity contribution >= 4 is 12.0 Å². The van der Waals surface area contributed by atoms with Crippen LogP contribution in [0.5, 0.6) is 11.5 Å². The highest BCUT2D eigenvalue weighted by molar-refractivity contribution is 5.85. The molecule has 1 N–H and O–H groups in total. The summed E-state index contributed by atoms with van der Waals surface area (Å²) in [5.41, 5.74) is 3.34. The van der Waals surface area contributed by atoms with Crippen LogP contribution in [0.2, 0.25) is 0 Å². The van der Waals surface area contributed by atoms with Gasteiger partial charge in [0.25, 0.3) is 0 Å². The molecule has 1 saturated heterocycles. The number of cyclic esters (lactones) is 1. The van der Waals surface area contributed by atoms with Crippen LogP contribution in [0.4, 0.5) is 4.39 Å². The standard InChI is InChI=1S/C26H31FO6/c1-16(2)22-15-23(31-4)26(32-12-11-30-3)25(17-5-7-18(27)8-6-17)21(22)10-9-20-13-19(28)14-24(29)33-20/h5-10,15-16,19-20,28H,11-14H2,1-4H3. The smallest absolute Gasteiger partial charge is 0.309 e. The maximum atomic E-state index is 13.7. The van der Waals surface area contributed by atoms with E-state index in [1.54, 1.807) is 32.4 Å². The van der Waals surface area contributed by atoms with E-state index in [0.717, 1.165) is 22.3 Å². The van der Waals surface area contributed by atoms with Crippen LogP contribution in [0.25, 0.3) is 17.2 Å². The molecule has 0 radical (unpaired) electrons. The number of ether oxygens (including phenoxy) is 4. The average molecular weight is 459 g/mol. The zero-order valence-corrected chi connectivity index (χ0v) is 19.5. The normalized spacial score (nSPS) is 18.6. The van der Waals surface area contributed by atoms with Crippen LogP contribution in [0.1, 0.15) is 43.7 Å². The van der Waals surface area contributed by atoms with Gasteiger partial charge in [0.1, 0.15) is 18.5 Å². The van der Waals surface area contributed by atoms with E-state index in [9.17, 15) is 14.3 Å². The number of aliphatic hydroxyl groups excluding tert-OH is 1. The summed E-state index contributed by atoms with van der Waals surface area (Å²) in [6.07, 6.45) is 2.72. The van der Waals surface area contributed by atoms with E-state index < -0.39 is 18.2 Å². The predicted octanol–water partition coefficient (Wildman–Crippen LogP) is 4.73. The fourth-order valence-corrected chi connectivity index (χ4v) is 3.89. The number of carbonyl (C=O) groups is 1. The van der Waals surface area contributed by atoms with E-state index in [4.69, 9.17) is 18.9 Å². The molecule has 0 spiro atoms. The third-order valence-corrected chi connectivity index (χ3v) is 5.49. The molecule has 178 valence electrons. The van der Waals surface area contributed by atoms with Gasteiger partial charge >= 0.3 is 5.97 Å². The van der Waals surface area contributed by atoms with Gasteiger partial charge in [-0.2, -0.15) is 0 Å². The van der Waals surface area contributed by atoms with Crippen LogP contribution in [-0.4, -0.2) is 50.7 Å². The SMILES string of the molecule is COCCOc1c(OC)cc(C(C)C)c(C=CC2CC(O)CC(=O)O2)c1-c1ccc(F)cc1. The Morgan fingerprint density at radius 1 is 1.21 bits per heavy atom. The van der Waals surface area contributed by atoms with Crippen molar-refractivity contribution in [2.45, 2.75) is 44.8 Å². The number of rotatable bonds is 9. The van der Waals surface area contributed by atoms with Gasteiger partial charge in [-0.3, -0.25) is 4.79 Å². The molecule has 2 aromatic carbocycles. The Bertz CT molecular complexity index is 983. The van der Waals surface area contributed by atoms with Crippen LogP contribution in [0.3, 0.4) is 0 Å². The Morgan fingerprint density at radius 3 is 2.55 bits per heavy atom. The summed E-state index contributed by atoms with van der Waals surface area (Å²) < 4.78 is 36.0. The Balaban J connectivity index is 2.19. The topological polar surface area (TPSA) is 74.2 Å². The zero-order valence-electron chi connectivity index (χ0n) is 19.5. The van der Waals surface area contributed by atoms with E-state index in [2.05, 4.69) is 13.8 Å². The first-order chi connectivity index (χ1) is 15.8. The number of methoxy groups -OCH3 is 2. The predicted molar refractivity (Wildman–Crippen MR) is 124 cm³/mol. The quantitative estimate of drug-likeness (QED) is 0.433. The lowest BCUT2D eigenvalue weighted by molar-refractivity contribution is -0.156. The van der Waals surface area contributed by atoms with Gasteiger partial charge in [-0.15, -0.1) is 0 Å². The van der Waals surface area contributed by atoms with Crippen molar-refractivity contribution in [3.63, 3.8) is 0 Å². The summed E-state index contributed by atoms with van der Waals surface area (Å²) >= 11 is 0. The second-order valence-electron chi connectivity index (χ2n) is 8.27. The van der Waals surface area contributed by atoms with Crippen LogP contribution >= 0.6 is 0 Å². The Morgan fingerprint density at radius 2 is 1.94 bits per heavy atom. The molecule has 1 aliphatic heterocycles. The molecule has 6 nitrogen and oxygen atoms in total. The molecule has 2 aromatic rings. The molecule has 0 amide bonds. The number of aliphatic hydroxyl groups is 1. The van der Waals surface area contributed by atoms with Crippen LogP contribution in [-0.2, 0) is 14.3 Å². The summed E-state index contributed by atoms with van der Waals surface area (Å²) in [6.45, 7) is 4.82. The second-order valence-corrected chi connectivity index (χ2v) is 8.27. The van der Waals surface area contributed by atoms with Gasteiger partial charge in [-0.1, -0.05) is 32.1 Å². The summed E-state index contributed by atoms with van der Waals surface area (Å²) in [4.78, 5) is 11.8. The van der Waals surface area contributed by atoms with E-state index in [1.165, 1.54) is 12.1 Å². The van der Waals surface area contributed by atoms with E-state index in [0.29, 0.717) is 31.1 Å². The van der Waals surface area contributed by atoms with E-state index in [-0.39, 0.29) is 18.2 Å². The lowest BCUT2D eigenvalue weighted by atomic mass is 9.88. The molecule has 3 rings (SSSR count). The molecular formula is C26H31FO6. The number of hydrogen-bond acceptors (Lipinski definition) is 6. The Kier molecular flexibility index (Phi) is 8.47. The summed E-state index contributed by atoms with van der Waals surface area (Å²) in [5, 5.41) is 9.96. The summed E-state index contributed by atoms with van der Waals surface area (Å²) in [6, 6.07) is 8.12. The van der Waals surface area contributed by atoms with Gasteiger partial charge in [0, 0.05) is 19.1 Å². The first kappa shape index (κ1) is 24.7. The number of carbonyl (C=O) groups excluding carboxylic acids is 1. The maximum absolute atomic E-state index is 13.7. The average Bonchev–Trinajstić information content (AvgIpc) is 2.77. The van der Waals surface area contributed by atoms with Gasteiger partial charge in [0.15, 0.2) is 11.5 Å². The third kappa shape index (κ3) is 6.12. The first-order valence-electron chi connectivity index (χ1n) is 11.0. The van der Waals surface area contributed by atoms with Crippen molar-refractivity contribution in [3.05, 3.63) is 53.4 Å². The van der Waals surface area contributed by atoms with Crippen molar-refractivity contribution < 1.29 is 33.2 Å². The molecule has 7 heteroatoms. The molecule has 0 aliphatic carbocycles. The number of hydrogen-bond donors (Lipinski definition) is 1. The lowest BCUT2D eigenvalue weighted by Gasteiger charge is -2.25. The molecule has 0 saturated carbocycles. The van der Waals surface area contributed by atoms with Gasteiger partial charge in [-0.25, -0.2) is 4.39 Å². The lowest BCUT2D eigenvalue weighted by Crippen LogP contribution is -2.31. The van der Waals surface area contributed by atoms with Crippen molar-refractivity contribution in [1.82, 2.24) is 0 Å². The summed E-state index contributed by atoms with van der Waals surface area (Å²) in [7, 11) is 3.17. The largest absolute Gasteiger partial charge is 0.493 e. The van der Waals surface area contributed by atoms with Crippen molar-refractivity contribution in [3.8, 4) is 22.6 Å². The number of benzene rings is 2. The molecule has 0 aromatic heterocycles. The highest BCUT2D eigenvalue weighted by Gasteiger charge is 2.26. The fourth-order valence-electron chi connectivity index (χ4n) is 3.89. The number of halogens is 1.